The van der Waals surface area contributed by atoms with Crippen LogP contribution in [0.25, 0.3) is 0 Å². The molecule has 5 nitrogen and oxygen atoms in total. The van der Waals surface area contributed by atoms with E-state index in [-0.39, 0.29) is 18.6 Å². The Morgan fingerprint density at radius 3 is 2.44 bits per heavy atom. The molecular formula is C13H16O5. The Bertz CT molecular complexity index is 401. The van der Waals surface area contributed by atoms with Gasteiger partial charge in [0.25, 0.3) is 0 Å². The number of para-hydroxylation sites is 1. The van der Waals surface area contributed by atoms with E-state index in [9.17, 15) is 9.90 Å². The average Bonchev–Trinajstić information content (AvgIpc) is 2.37. The van der Waals surface area contributed by atoms with Crippen molar-refractivity contribution in [1.82, 2.24) is 0 Å². The quantitative estimate of drug-likeness (QED) is 0.625. The summed E-state index contributed by atoms with van der Waals surface area (Å²) < 4.78 is 5.45. The summed E-state index contributed by atoms with van der Waals surface area (Å²) in [6, 6.07) is 8.68. The summed E-state index contributed by atoms with van der Waals surface area (Å²) in [4.78, 5) is 10.7. The van der Waals surface area contributed by atoms with E-state index in [1.165, 1.54) is 0 Å². The molecule has 5 heteroatoms. The SMILES string of the molecule is C=C(C(=O)O)C(O)C(CCO)Oc1ccccc1. The van der Waals surface area contributed by atoms with Crippen LogP contribution >= 0.6 is 0 Å². The zero-order chi connectivity index (χ0) is 13.5. The summed E-state index contributed by atoms with van der Waals surface area (Å²) >= 11 is 0. The highest BCUT2D eigenvalue weighted by atomic mass is 16.5. The molecule has 1 rings (SSSR count). The maximum Gasteiger partial charge on any atom is 0.333 e. The summed E-state index contributed by atoms with van der Waals surface area (Å²) in [5, 5.41) is 27.5. The number of aliphatic carboxylic acids is 1. The van der Waals surface area contributed by atoms with Crippen LogP contribution in [0.1, 0.15) is 6.42 Å². The van der Waals surface area contributed by atoms with E-state index in [1.54, 1.807) is 30.3 Å². The predicted octanol–water partition coefficient (Wildman–Crippen LogP) is 0.818. The van der Waals surface area contributed by atoms with Crippen molar-refractivity contribution >= 4 is 5.97 Å². The number of hydrogen-bond acceptors (Lipinski definition) is 4. The highest BCUT2D eigenvalue weighted by Crippen LogP contribution is 2.17. The van der Waals surface area contributed by atoms with Gasteiger partial charge in [0.05, 0.1) is 5.57 Å². The van der Waals surface area contributed by atoms with E-state index >= 15 is 0 Å². The van der Waals surface area contributed by atoms with Crippen LogP contribution in [0.2, 0.25) is 0 Å². The number of aliphatic hydroxyl groups is 2. The van der Waals surface area contributed by atoms with Crippen LogP contribution in [-0.2, 0) is 4.79 Å². The normalized spacial score (nSPS) is 13.7. The fraction of sp³-hybridized carbons (Fsp3) is 0.308. The molecule has 0 heterocycles. The highest BCUT2D eigenvalue weighted by Gasteiger charge is 2.26. The molecule has 2 unspecified atom stereocenters. The van der Waals surface area contributed by atoms with Crippen LogP contribution in [-0.4, -0.2) is 40.1 Å². The molecular weight excluding hydrogens is 236 g/mol. The number of carboxylic acids is 1. The number of rotatable bonds is 7. The topological polar surface area (TPSA) is 87.0 Å². The van der Waals surface area contributed by atoms with E-state index in [1.807, 2.05) is 0 Å². The third-order valence-corrected chi connectivity index (χ3v) is 2.43. The Balaban J connectivity index is 2.76. The van der Waals surface area contributed by atoms with Gasteiger partial charge in [0.1, 0.15) is 18.0 Å². The summed E-state index contributed by atoms with van der Waals surface area (Å²) in [7, 11) is 0. The van der Waals surface area contributed by atoms with Crippen molar-refractivity contribution in [1.29, 1.82) is 0 Å². The van der Waals surface area contributed by atoms with Crippen LogP contribution in [0, 0.1) is 0 Å². The van der Waals surface area contributed by atoms with Gasteiger partial charge in [0.15, 0.2) is 0 Å². The molecule has 18 heavy (non-hydrogen) atoms. The molecule has 0 amide bonds. The largest absolute Gasteiger partial charge is 0.487 e. The lowest BCUT2D eigenvalue weighted by molar-refractivity contribution is -0.134. The lowest BCUT2D eigenvalue weighted by Crippen LogP contribution is -2.36. The van der Waals surface area contributed by atoms with Crippen molar-refractivity contribution in [3.05, 3.63) is 42.5 Å². The molecule has 0 aliphatic carbocycles. The molecule has 0 saturated heterocycles. The first-order valence-electron chi connectivity index (χ1n) is 5.49. The smallest absolute Gasteiger partial charge is 0.333 e. The molecule has 98 valence electrons. The van der Waals surface area contributed by atoms with Crippen molar-refractivity contribution in [2.24, 2.45) is 0 Å². The zero-order valence-electron chi connectivity index (χ0n) is 9.82. The van der Waals surface area contributed by atoms with Crippen LogP contribution in [0.5, 0.6) is 5.75 Å². The first kappa shape index (κ1) is 14.2. The van der Waals surface area contributed by atoms with E-state index < -0.39 is 18.2 Å². The van der Waals surface area contributed by atoms with Gasteiger partial charge in [0.2, 0.25) is 0 Å². The molecule has 0 saturated carbocycles. The summed E-state index contributed by atoms with van der Waals surface area (Å²) in [5.74, 6) is -0.796. The first-order valence-corrected chi connectivity index (χ1v) is 5.49. The van der Waals surface area contributed by atoms with E-state index in [0.717, 1.165) is 0 Å². The molecule has 0 aliphatic heterocycles. The van der Waals surface area contributed by atoms with Gasteiger partial charge in [0, 0.05) is 13.0 Å². The molecule has 0 radical (unpaired) electrons. The molecule has 0 aliphatic rings. The van der Waals surface area contributed by atoms with Crippen LogP contribution < -0.4 is 4.74 Å². The summed E-state index contributed by atoms with van der Waals surface area (Å²) in [5.41, 5.74) is -0.357. The Labute approximate surface area is 105 Å². The molecule has 1 aromatic rings. The maximum atomic E-state index is 10.7. The molecule has 0 aromatic heterocycles. The number of ether oxygens (including phenoxy) is 1. The van der Waals surface area contributed by atoms with Crippen molar-refractivity contribution in [2.75, 3.05) is 6.61 Å². The van der Waals surface area contributed by atoms with Gasteiger partial charge in [-0.25, -0.2) is 4.79 Å². The third-order valence-electron chi connectivity index (χ3n) is 2.43. The summed E-state index contributed by atoms with van der Waals surface area (Å²) in [6.45, 7) is 3.07. The minimum Gasteiger partial charge on any atom is -0.487 e. The number of benzene rings is 1. The Hall–Kier alpha value is -1.85. The number of carboxylic acid groups (broad SMARTS) is 1. The lowest BCUT2D eigenvalue weighted by Gasteiger charge is -2.23. The standard InChI is InChI=1S/C13H16O5/c1-9(13(16)17)12(15)11(7-8-14)18-10-5-3-2-4-6-10/h2-6,11-12,14-15H,1,7-8H2,(H,16,17). The third kappa shape index (κ3) is 3.87. The van der Waals surface area contributed by atoms with Crippen molar-refractivity contribution in [2.45, 2.75) is 18.6 Å². The van der Waals surface area contributed by atoms with Gasteiger partial charge in [-0.3, -0.25) is 0 Å². The molecule has 1 aromatic carbocycles. The molecule has 0 spiro atoms. The Morgan fingerprint density at radius 2 is 1.94 bits per heavy atom. The second-order valence-corrected chi connectivity index (χ2v) is 3.76. The zero-order valence-corrected chi connectivity index (χ0v) is 9.82. The minimum absolute atomic E-state index is 0.113. The number of carbonyl (C=O) groups is 1. The van der Waals surface area contributed by atoms with Gasteiger partial charge >= 0.3 is 5.97 Å². The lowest BCUT2D eigenvalue weighted by atomic mass is 10.0. The average molecular weight is 252 g/mol. The molecule has 0 fully saturated rings. The van der Waals surface area contributed by atoms with Crippen LogP contribution in [0.4, 0.5) is 0 Å². The fourth-order valence-corrected chi connectivity index (χ4v) is 1.43. The molecule has 0 bridgehead atoms. The van der Waals surface area contributed by atoms with E-state index in [0.29, 0.717) is 5.75 Å². The van der Waals surface area contributed by atoms with Gasteiger partial charge < -0.3 is 20.1 Å². The number of aliphatic hydroxyl groups excluding tert-OH is 2. The molecule has 3 N–H and O–H groups in total. The predicted molar refractivity (Wildman–Crippen MR) is 65.3 cm³/mol. The number of hydrogen-bond donors (Lipinski definition) is 3. The van der Waals surface area contributed by atoms with Crippen molar-refractivity contribution in [3.63, 3.8) is 0 Å². The van der Waals surface area contributed by atoms with Crippen molar-refractivity contribution in [3.8, 4) is 5.75 Å². The highest BCUT2D eigenvalue weighted by molar-refractivity contribution is 5.87. The first-order chi connectivity index (χ1) is 8.56. The van der Waals surface area contributed by atoms with Gasteiger partial charge in [-0.1, -0.05) is 24.8 Å². The maximum absolute atomic E-state index is 10.7. The van der Waals surface area contributed by atoms with E-state index in [2.05, 4.69) is 6.58 Å². The minimum atomic E-state index is -1.37. The van der Waals surface area contributed by atoms with Crippen molar-refractivity contribution < 1.29 is 24.9 Å². The Morgan fingerprint density at radius 1 is 1.33 bits per heavy atom. The van der Waals surface area contributed by atoms with Gasteiger partial charge in [-0.05, 0) is 12.1 Å². The van der Waals surface area contributed by atoms with Gasteiger partial charge in [-0.15, -0.1) is 0 Å². The van der Waals surface area contributed by atoms with Crippen LogP contribution in [0.3, 0.4) is 0 Å². The second kappa shape index (κ2) is 6.78. The second-order valence-electron chi connectivity index (χ2n) is 3.76. The molecule has 2 atom stereocenters. The fourth-order valence-electron chi connectivity index (χ4n) is 1.43. The van der Waals surface area contributed by atoms with Gasteiger partial charge in [-0.2, -0.15) is 0 Å². The van der Waals surface area contributed by atoms with Crippen LogP contribution in [0.15, 0.2) is 42.5 Å². The Kier molecular flexibility index (Phi) is 5.35. The summed E-state index contributed by atoms with van der Waals surface area (Å²) in [6.07, 6.45) is -2.10. The monoisotopic (exact) mass is 252 g/mol. The van der Waals surface area contributed by atoms with E-state index in [4.69, 9.17) is 14.9 Å².